The van der Waals surface area contributed by atoms with Gasteiger partial charge in [0, 0.05) is 12.6 Å². The summed E-state index contributed by atoms with van der Waals surface area (Å²) in [5, 5.41) is 31.8. The third-order valence-corrected chi connectivity index (χ3v) is 3.69. The van der Waals surface area contributed by atoms with E-state index in [0.29, 0.717) is 16.9 Å². The minimum atomic E-state index is -0.949. The molecule has 0 unspecified atom stereocenters. The van der Waals surface area contributed by atoms with E-state index in [0.717, 1.165) is 0 Å². The predicted molar refractivity (Wildman–Crippen MR) is 96.3 cm³/mol. The van der Waals surface area contributed by atoms with Gasteiger partial charge in [0.05, 0.1) is 20.3 Å². The Morgan fingerprint density at radius 1 is 1.08 bits per heavy atom. The van der Waals surface area contributed by atoms with Crippen LogP contribution < -0.4 is 14.8 Å². The summed E-state index contributed by atoms with van der Waals surface area (Å²) < 4.78 is 9.99. The molecule has 0 spiro atoms. The highest BCUT2D eigenvalue weighted by Gasteiger charge is 2.11. The van der Waals surface area contributed by atoms with Gasteiger partial charge >= 0.3 is 0 Å². The average molecular weight is 359 g/mol. The standard InChI is InChI=1S/C19H21NO6/c1-25-17-9-12(3-6-14(17)21)4-8-19(24)20-11-16(23)13-5-7-15(22)18(10-13)26-2/h3-10,16,21-23H,11H2,1-2H3,(H,20,24)/t16-/m1/s1. The molecule has 4 N–H and O–H groups in total. The molecule has 138 valence electrons. The molecule has 0 saturated carbocycles. The normalized spacial score (nSPS) is 12.0. The van der Waals surface area contributed by atoms with Gasteiger partial charge in [0.25, 0.3) is 0 Å². The van der Waals surface area contributed by atoms with Crippen LogP contribution in [0, 0.1) is 0 Å². The molecule has 0 aliphatic rings. The number of ether oxygens (including phenoxy) is 2. The third kappa shape index (κ3) is 4.90. The number of amides is 1. The summed E-state index contributed by atoms with van der Waals surface area (Å²) in [7, 11) is 2.85. The van der Waals surface area contributed by atoms with Crippen molar-refractivity contribution < 1.29 is 29.6 Å². The molecule has 0 aliphatic heterocycles. The quantitative estimate of drug-likeness (QED) is 0.563. The van der Waals surface area contributed by atoms with E-state index in [1.165, 1.54) is 38.5 Å². The molecule has 26 heavy (non-hydrogen) atoms. The van der Waals surface area contributed by atoms with Gasteiger partial charge in [-0.15, -0.1) is 0 Å². The van der Waals surface area contributed by atoms with Crippen LogP contribution in [0.1, 0.15) is 17.2 Å². The van der Waals surface area contributed by atoms with E-state index >= 15 is 0 Å². The summed E-state index contributed by atoms with van der Waals surface area (Å²) in [6, 6.07) is 9.17. The van der Waals surface area contributed by atoms with Crippen LogP contribution in [-0.4, -0.2) is 42.0 Å². The molecule has 0 fully saturated rings. The molecule has 7 heteroatoms. The summed E-state index contributed by atoms with van der Waals surface area (Å²) in [4.78, 5) is 11.9. The Morgan fingerprint density at radius 3 is 2.35 bits per heavy atom. The van der Waals surface area contributed by atoms with Crippen LogP contribution in [0.15, 0.2) is 42.5 Å². The SMILES string of the molecule is COc1cc(C=CC(=O)NC[C@@H](O)c2ccc(O)c(OC)c2)ccc1O. The number of carbonyl (C=O) groups excluding carboxylic acids is 1. The summed E-state index contributed by atoms with van der Waals surface area (Å²) in [5.74, 6) is 0.154. The van der Waals surface area contributed by atoms with Crippen molar-refractivity contribution in [2.24, 2.45) is 0 Å². The van der Waals surface area contributed by atoms with Crippen molar-refractivity contribution in [2.45, 2.75) is 6.10 Å². The lowest BCUT2D eigenvalue weighted by molar-refractivity contribution is -0.116. The third-order valence-electron chi connectivity index (χ3n) is 3.69. The maximum absolute atomic E-state index is 11.9. The number of aromatic hydroxyl groups is 2. The van der Waals surface area contributed by atoms with E-state index in [2.05, 4.69) is 5.32 Å². The summed E-state index contributed by atoms with van der Waals surface area (Å²) in [6.07, 6.45) is 1.93. The second-order valence-electron chi connectivity index (χ2n) is 5.46. The first-order valence-corrected chi connectivity index (χ1v) is 7.82. The number of hydrogen-bond acceptors (Lipinski definition) is 6. The van der Waals surface area contributed by atoms with Crippen molar-refractivity contribution in [3.8, 4) is 23.0 Å². The van der Waals surface area contributed by atoms with Crippen molar-refractivity contribution in [3.63, 3.8) is 0 Å². The lowest BCUT2D eigenvalue weighted by Crippen LogP contribution is -2.26. The van der Waals surface area contributed by atoms with Gasteiger partial charge in [-0.1, -0.05) is 12.1 Å². The lowest BCUT2D eigenvalue weighted by Gasteiger charge is -2.13. The largest absolute Gasteiger partial charge is 0.504 e. The molecule has 2 rings (SSSR count). The molecule has 2 aromatic carbocycles. The molecule has 0 heterocycles. The highest BCUT2D eigenvalue weighted by atomic mass is 16.5. The zero-order valence-electron chi connectivity index (χ0n) is 14.5. The molecular formula is C19H21NO6. The first kappa shape index (κ1) is 19.1. The van der Waals surface area contributed by atoms with E-state index in [9.17, 15) is 20.1 Å². The topological polar surface area (TPSA) is 108 Å². The molecule has 0 radical (unpaired) electrons. The Hall–Kier alpha value is -3.19. The molecule has 2 aromatic rings. The van der Waals surface area contributed by atoms with Crippen LogP contribution in [-0.2, 0) is 4.79 Å². The maximum Gasteiger partial charge on any atom is 0.244 e. The fraction of sp³-hybridized carbons (Fsp3) is 0.211. The number of nitrogens with one attached hydrogen (secondary N) is 1. The minimum absolute atomic E-state index is 0.00397. The Labute approximate surface area is 151 Å². The number of rotatable bonds is 7. The van der Waals surface area contributed by atoms with Crippen molar-refractivity contribution in [2.75, 3.05) is 20.8 Å². The molecule has 0 aliphatic carbocycles. The number of phenols is 2. The summed E-state index contributed by atoms with van der Waals surface area (Å²) >= 11 is 0. The van der Waals surface area contributed by atoms with Crippen LogP contribution in [0.4, 0.5) is 0 Å². The number of benzene rings is 2. The van der Waals surface area contributed by atoms with E-state index in [1.807, 2.05) is 0 Å². The number of phenolic OH excluding ortho intramolecular Hbond substituents is 2. The monoisotopic (exact) mass is 359 g/mol. The van der Waals surface area contributed by atoms with E-state index < -0.39 is 6.10 Å². The van der Waals surface area contributed by atoms with Gasteiger partial charge in [-0.2, -0.15) is 0 Å². The van der Waals surface area contributed by atoms with Crippen LogP contribution >= 0.6 is 0 Å². The van der Waals surface area contributed by atoms with Gasteiger partial charge in [0.1, 0.15) is 0 Å². The summed E-state index contributed by atoms with van der Waals surface area (Å²) in [6.45, 7) is -0.00397. The highest BCUT2D eigenvalue weighted by molar-refractivity contribution is 5.91. The zero-order chi connectivity index (χ0) is 19.1. The van der Waals surface area contributed by atoms with Gasteiger partial charge in [0.2, 0.25) is 5.91 Å². The van der Waals surface area contributed by atoms with Gasteiger partial charge < -0.3 is 30.1 Å². The Balaban J connectivity index is 1.93. The van der Waals surface area contributed by atoms with Gasteiger partial charge in [-0.25, -0.2) is 0 Å². The molecule has 0 saturated heterocycles. The smallest absolute Gasteiger partial charge is 0.244 e. The fourth-order valence-corrected chi connectivity index (χ4v) is 2.25. The number of aliphatic hydroxyl groups excluding tert-OH is 1. The first-order valence-electron chi connectivity index (χ1n) is 7.82. The maximum atomic E-state index is 11.9. The second-order valence-corrected chi connectivity index (χ2v) is 5.46. The van der Waals surface area contributed by atoms with Crippen LogP contribution in [0.25, 0.3) is 6.08 Å². The average Bonchev–Trinajstić information content (AvgIpc) is 2.65. The van der Waals surface area contributed by atoms with E-state index in [4.69, 9.17) is 9.47 Å². The minimum Gasteiger partial charge on any atom is -0.504 e. The number of carbonyl (C=O) groups is 1. The molecular weight excluding hydrogens is 338 g/mol. The highest BCUT2D eigenvalue weighted by Crippen LogP contribution is 2.29. The van der Waals surface area contributed by atoms with Gasteiger partial charge in [-0.05, 0) is 41.5 Å². The van der Waals surface area contributed by atoms with Crippen molar-refractivity contribution in [3.05, 3.63) is 53.6 Å². The van der Waals surface area contributed by atoms with Crippen molar-refractivity contribution in [1.82, 2.24) is 5.32 Å². The Bertz CT molecular complexity index is 803. The van der Waals surface area contributed by atoms with Gasteiger partial charge in [0.15, 0.2) is 23.0 Å². The summed E-state index contributed by atoms with van der Waals surface area (Å²) in [5.41, 5.74) is 1.19. The van der Waals surface area contributed by atoms with Crippen molar-refractivity contribution in [1.29, 1.82) is 0 Å². The van der Waals surface area contributed by atoms with E-state index in [1.54, 1.807) is 24.3 Å². The van der Waals surface area contributed by atoms with Crippen LogP contribution in [0.3, 0.4) is 0 Å². The number of methoxy groups -OCH3 is 2. The van der Waals surface area contributed by atoms with Gasteiger partial charge in [-0.3, -0.25) is 4.79 Å². The van der Waals surface area contributed by atoms with E-state index in [-0.39, 0.29) is 29.7 Å². The zero-order valence-corrected chi connectivity index (χ0v) is 14.5. The molecule has 0 bridgehead atoms. The van der Waals surface area contributed by atoms with Crippen LogP contribution in [0.5, 0.6) is 23.0 Å². The van der Waals surface area contributed by atoms with Crippen molar-refractivity contribution >= 4 is 12.0 Å². The Kier molecular flexibility index (Phi) is 6.46. The first-order chi connectivity index (χ1) is 12.4. The molecule has 1 amide bonds. The van der Waals surface area contributed by atoms with Crippen LogP contribution in [0.2, 0.25) is 0 Å². The predicted octanol–water partition coefficient (Wildman–Crippen LogP) is 1.98. The lowest BCUT2D eigenvalue weighted by atomic mass is 10.1. The second kappa shape index (κ2) is 8.77. The fourth-order valence-electron chi connectivity index (χ4n) is 2.25. The molecule has 1 atom stereocenters. The Morgan fingerprint density at radius 2 is 1.69 bits per heavy atom. The molecule has 0 aromatic heterocycles. The number of hydrogen-bond donors (Lipinski definition) is 4. The number of aliphatic hydroxyl groups is 1. The molecule has 7 nitrogen and oxygen atoms in total.